The maximum Gasteiger partial charge on any atom is 0.238 e. The molecular weight excluding hydrogens is 881 g/mol. The maximum absolute atomic E-state index is 10.3. The lowest BCUT2D eigenvalue weighted by Crippen LogP contribution is -2.30. The minimum absolute atomic E-state index is 0.526. The Balaban J connectivity index is 0.935. The molecule has 15 rings (SSSR count). The van der Waals surface area contributed by atoms with Gasteiger partial charge in [-0.3, -0.25) is 4.57 Å². The van der Waals surface area contributed by atoms with Crippen LogP contribution in [0.5, 0.6) is 0 Å². The molecule has 4 heterocycles. The second-order valence-corrected chi connectivity index (χ2v) is 19.1. The number of nitriles is 1. The predicted octanol–water partition coefficient (Wildman–Crippen LogP) is 15.0. The Hall–Kier alpha value is -9.64. The molecule has 0 N–H and O–H groups in total. The molecule has 0 saturated carbocycles. The molecule has 2 spiro atoms. The number of hydrogen-bond acceptors (Lipinski definition) is 5. The van der Waals surface area contributed by atoms with Gasteiger partial charge >= 0.3 is 0 Å². The predicted molar refractivity (Wildman–Crippen MR) is 287 cm³/mol. The van der Waals surface area contributed by atoms with Gasteiger partial charge in [-0.25, -0.2) is 4.98 Å². The SMILES string of the molecule is N#Cc1ccc2c(c1)C1(CC3(C=CC=CO3)c3ccccc31)c1cc(-c3nc(-c4ccccc4)nc(-n4c5ccccc5c5ccc(-c6ccc7c(c6)c6ccccc6n7-c6ccccc6)cc54)n3)ccc1-2. The molecule has 7 heteroatoms. The van der Waals surface area contributed by atoms with Crippen LogP contribution in [-0.4, -0.2) is 24.1 Å². The Bertz CT molecular complexity index is 4370. The third-order valence-corrected chi connectivity index (χ3v) is 15.4. The first-order valence-electron chi connectivity index (χ1n) is 24.3. The smallest absolute Gasteiger partial charge is 0.238 e. The van der Waals surface area contributed by atoms with Crippen LogP contribution >= 0.6 is 0 Å². The molecule has 3 aliphatic rings. The van der Waals surface area contributed by atoms with E-state index < -0.39 is 11.0 Å². The molecule has 9 aromatic carbocycles. The van der Waals surface area contributed by atoms with Crippen molar-refractivity contribution in [2.24, 2.45) is 0 Å². The van der Waals surface area contributed by atoms with Gasteiger partial charge in [0.15, 0.2) is 17.2 Å². The van der Waals surface area contributed by atoms with Crippen molar-refractivity contribution in [2.45, 2.75) is 17.4 Å². The van der Waals surface area contributed by atoms with Gasteiger partial charge in [0.05, 0.1) is 45.4 Å². The fourth-order valence-corrected chi connectivity index (χ4v) is 12.3. The third kappa shape index (κ3) is 5.69. The zero-order chi connectivity index (χ0) is 47.5. The molecule has 2 unspecified atom stereocenters. The maximum atomic E-state index is 10.3. The van der Waals surface area contributed by atoms with E-state index in [0.717, 1.165) is 83.1 Å². The lowest BCUT2D eigenvalue weighted by molar-refractivity contribution is 0.0559. The van der Waals surface area contributed by atoms with Crippen LogP contribution in [0.15, 0.2) is 231 Å². The molecule has 72 heavy (non-hydrogen) atoms. The topological polar surface area (TPSA) is 81.5 Å². The number of ether oxygens (including phenoxy) is 1. The summed E-state index contributed by atoms with van der Waals surface area (Å²) >= 11 is 0. The molecule has 1 aliphatic heterocycles. The Morgan fingerprint density at radius 1 is 0.444 bits per heavy atom. The van der Waals surface area contributed by atoms with Crippen LogP contribution in [0.3, 0.4) is 0 Å². The number of fused-ring (bicyclic) bond motifs is 14. The number of allylic oxidation sites excluding steroid dienone is 2. The van der Waals surface area contributed by atoms with Crippen LogP contribution in [0.2, 0.25) is 0 Å². The van der Waals surface area contributed by atoms with Gasteiger partial charge in [-0.15, -0.1) is 0 Å². The molecule has 0 radical (unpaired) electrons. The summed E-state index contributed by atoms with van der Waals surface area (Å²) < 4.78 is 11.2. The second kappa shape index (κ2) is 15.2. The van der Waals surface area contributed by atoms with Crippen LogP contribution in [0.4, 0.5) is 0 Å². The van der Waals surface area contributed by atoms with Gasteiger partial charge in [-0.2, -0.15) is 15.2 Å². The Morgan fingerprint density at radius 3 is 1.83 bits per heavy atom. The largest absolute Gasteiger partial charge is 0.486 e. The molecule has 0 bridgehead atoms. The molecule has 336 valence electrons. The summed E-state index contributed by atoms with van der Waals surface area (Å²) in [6.07, 6.45) is 8.63. The van der Waals surface area contributed by atoms with Crippen molar-refractivity contribution < 1.29 is 4.74 Å². The number of para-hydroxylation sites is 3. The Labute approximate surface area is 414 Å². The van der Waals surface area contributed by atoms with Crippen LogP contribution in [-0.2, 0) is 15.8 Å². The van der Waals surface area contributed by atoms with Gasteiger partial charge in [0.1, 0.15) is 0 Å². The zero-order valence-electron chi connectivity index (χ0n) is 38.7. The molecule has 0 saturated heterocycles. The summed E-state index contributed by atoms with van der Waals surface area (Å²) in [6.45, 7) is 0. The summed E-state index contributed by atoms with van der Waals surface area (Å²) in [6, 6.07) is 75.3. The van der Waals surface area contributed by atoms with E-state index in [1.165, 1.54) is 21.9 Å². The minimum atomic E-state index is -0.689. The van der Waals surface area contributed by atoms with E-state index in [9.17, 15) is 5.26 Å². The summed E-state index contributed by atoms with van der Waals surface area (Å²) in [5.74, 6) is 1.66. The number of nitrogens with zero attached hydrogens (tertiary/aromatic N) is 6. The fourth-order valence-electron chi connectivity index (χ4n) is 12.3. The molecule has 3 aromatic heterocycles. The van der Waals surface area contributed by atoms with Gasteiger partial charge in [0.2, 0.25) is 5.95 Å². The molecule has 2 atom stereocenters. The second-order valence-electron chi connectivity index (χ2n) is 19.1. The van der Waals surface area contributed by atoms with Gasteiger partial charge in [-0.1, -0.05) is 152 Å². The highest BCUT2D eigenvalue weighted by atomic mass is 16.5. The highest BCUT2D eigenvalue weighted by Gasteiger charge is 2.58. The summed E-state index contributed by atoms with van der Waals surface area (Å²) in [5, 5.41) is 14.9. The lowest BCUT2D eigenvalue weighted by atomic mass is 9.72. The van der Waals surface area contributed by atoms with Gasteiger partial charge in [0, 0.05) is 50.3 Å². The lowest BCUT2D eigenvalue weighted by Gasteiger charge is -2.33. The molecular formula is C65H40N6O. The van der Waals surface area contributed by atoms with E-state index in [1.807, 2.05) is 30.3 Å². The van der Waals surface area contributed by atoms with Crippen LogP contribution in [0.1, 0.15) is 34.2 Å². The summed E-state index contributed by atoms with van der Waals surface area (Å²) in [4.78, 5) is 16.1. The van der Waals surface area contributed by atoms with E-state index in [2.05, 4.69) is 209 Å². The van der Waals surface area contributed by atoms with Crippen LogP contribution < -0.4 is 0 Å². The highest BCUT2D eigenvalue weighted by molar-refractivity contribution is 6.12. The fraction of sp³-hybridized carbons (Fsp3) is 0.0462. The quantitative estimate of drug-likeness (QED) is 0.172. The molecule has 12 aromatic rings. The van der Waals surface area contributed by atoms with Crippen molar-refractivity contribution in [3.63, 3.8) is 0 Å². The first-order valence-corrected chi connectivity index (χ1v) is 24.3. The monoisotopic (exact) mass is 920 g/mol. The number of benzene rings is 9. The van der Waals surface area contributed by atoms with Gasteiger partial charge < -0.3 is 9.30 Å². The van der Waals surface area contributed by atoms with Crippen molar-refractivity contribution in [1.82, 2.24) is 24.1 Å². The Kier molecular flexibility index (Phi) is 8.49. The number of rotatable bonds is 5. The minimum Gasteiger partial charge on any atom is -0.486 e. The van der Waals surface area contributed by atoms with E-state index >= 15 is 0 Å². The van der Waals surface area contributed by atoms with Crippen molar-refractivity contribution in [2.75, 3.05) is 0 Å². The summed E-state index contributed by atoms with van der Waals surface area (Å²) in [5.41, 5.74) is 15.5. The van der Waals surface area contributed by atoms with E-state index in [-0.39, 0.29) is 0 Å². The summed E-state index contributed by atoms with van der Waals surface area (Å²) in [7, 11) is 0. The standard InChI is InChI=1S/C65H40N6O/c66-39-41-25-29-47-48-30-27-45(37-56(48)65(55(47)35-41)40-64(33-13-14-34-72-64)53-21-9-10-22-54(53)65)62-67-61(42-15-3-1-4-16-42)68-63(69-62)71-58-24-12-7-19-49(58)51-31-26-44(38-60(51)71)43-28-32-59-52(36-43)50-20-8-11-23-57(50)70(59)46-17-5-2-6-18-46/h1-38H,40H2. The van der Waals surface area contributed by atoms with E-state index in [1.54, 1.807) is 6.26 Å². The zero-order valence-corrected chi connectivity index (χ0v) is 38.7. The van der Waals surface area contributed by atoms with Crippen molar-refractivity contribution in [3.8, 4) is 62.7 Å². The normalized spacial score (nSPS) is 17.2. The number of hydrogen-bond donors (Lipinski definition) is 0. The van der Waals surface area contributed by atoms with Crippen LogP contribution in [0, 0.1) is 11.3 Å². The van der Waals surface area contributed by atoms with Crippen LogP contribution in [0.25, 0.3) is 100 Å². The van der Waals surface area contributed by atoms with Crippen molar-refractivity contribution in [1.29, 1.82) is 5.26 Å². The highest BCUT2D eigenvalue weighted by Crippen LogP contribution is 2.64. The van der Waals surface area contributed by atoms with Gasteiger partial charge in [-0.05, 0) is 112 Å². The van der Waals surface area contributed by atoms with E-state index in [0.29, 0.717) is 29.6 Å². The van der Waals surface area contributed by atoms with Crippen molar-refractivity contribution in [3.05, 3.63) is 259 Å². The molecule has 2 aliphatic carbocycles. The van der Waals surface area contributed by atoms with Crippen molar-refractivity contribution >= 4 is 43.6 Å². The number of aromatic nitrogens is 5. The third-order valence-electron chi connectivity index (χ3n) is 15.4. The molecule has 0 fully saturated rings. The van der Waals surface area contributed by atoms with Gasteiger partial charge in [0.25, 0.3) is 0 Å². The first kappa shape index (κ1) is 40.3. The first-order chi connectivity index (χ1) is 35.6. The van der Waals surface area contributed by atoms with E-state index in [4.69, 9.17) is 19.7 Å². The molecule has 0 amide bonds. The Morgan fingerprint density at radius 2 is 1.06 bits per heavy atom. The molecule has 7 nitrogen and oxygen atoms in total. The average Bonchev–Trinajstić information content (AvgIpc) is 4.14. The average molecular weight is 921 g/mol.